The summed E-state index contributed by atoms with van der Waals surface area (Å²) < 4.78 is 31.6. The molecule has 0 saturated carbocycles. The van der Waals surface area contributed by atoms with Gasteiger partial charge in [-0.2, -0.15) is 0 Å². The van der Waals surface area contributed by atoms with Crippen molar-refractivity contribution in [2.24, 2.45) is 0 Å². The lowest BCUT2D eigenvalue weighted by atomic mass is 10.4. The standard InChI is InChI=1S/C11H20N2O3S2/c1-3-12-9-10-11(5-8-17-10)18(14,15)13-6-4-7-16-2/h5,8,12-13H,3-4,6-7,9H2,1-2H3. The molecule has 5 nitrogen and oxygen atoms in total. The maximum atomic E-state index is 12.1. The van der Waals surface area contributed by atoms with Gasteiger partial charge in [-0.1, -0.05) is 6.92 Å². The molecule has 0 aromatic carbocycles. The Morgan fingerprint density at radius 1 is 1.44 bits per heavy atom. The lowest BCUT2D eigenvalue weighted by Gasteiger charge is -2.07. The number of rotatable bonds is 9. The predicted molar refractivity (Wildman–Crippen MR) is 73.4 cm³/mol. The van der Waals surface area contributed by atoms with E-state index < -0.39 is 10.0 Å². The van der Waals surface area contributed by atoms with Gasteiger partial charge in [0.2, 0.25) is 10.0 Å². The van der Waals surface area contributed by atoms with Gasteiger partial charge in [0.05, 0.1) is 4.90 Å². The van der Waals surface area contributed by atoms with Gasteiger partial charge in [0.25, 0.3) is 0 Å². The van der Waals surface area contributed by atoms with Crippen molar-refractivity contribution in [2.45, 2.75) is 24.8 Å². The average molecular weight is 292 g/mol. The average Bonchev–Trinajstić information content (AvgIpc) is 2.81. The summed E-state index contributed by atoms with van der Waals surface area (Å²) in [6.45, 7) is 4.34. The van der Waals surface area contributed by atoms with E-state index in [1.54, 1.807) is 18.6 Å². The van der Waals surface area contributed by atoms with Crippen molar-refractivity contribution in [2.75, 3.05) is 26.8 Å². The van der Waals surface area contributed by atoms with Crippen LogP contribution in [-0.4, -0.2) is 35.2 Å². The molecule has 0 saturated heterocycles. The fourth-order valence-electron chi connectivity index (χ4n) is 1.44. The van der Waals surface area contributed by atoms with Crippen LogP contribution in [0.5, 0.6) is 0 Å². The number of sulfonamides is 1. The lowest BCUT2D eigenvalue weighted by molar-refractivity contribution is 0.196. The van der Waals surface area contributed by atoms with E-state index >= 15 is 0 Å². The van der Waals surface area contributed by atoms with Gasteiger partial charge in [-0.3, -0.25) is 0 Å². The van der Waals surface area contributed by atoms with Crippen LogP contribution in [0.15, 0.2) is 16.3 Å². The smallest absolute Gasteiger partial charge is 0.241 e. The van der Waals surface area contributed by atoms with Crippen molar-refractivity contribution >= 4 is 21.4 Å². The second-order valence-electron chi connectivity index (χ2n) is 3.73. The molecule has 1 rings (SSSR count). The molecule has 0 radical (unpaired) electrons. The van der Waals surface area contributed by atoms with Crippen LogP contribution in [-0.2, 0) is 21.3 Å². The van der Waals surface area contributed by atoms with Gasteiger partial charge in [-0.15, -0.1) is 11.3 Å². The summed E-state index contributed by atoms with van der Waals surface area (Å²) in [7, 11) is -1.79. The molecule has 0 aliphatic heterocycles. The highest BCUT2D eigenvalue weighted by atomic mass is 32.2. The van der Waals surface area contributed by atoms with Gasteiger partial charge in [-0.05, 0) is 24.4 Å². The minimum absolute atomic E-state index is 0.380. The maximum Gasteiger partial charge on any atom is 0.241 e. The van der Waals surface area contributed by atoms with Crippen LogP contribution < -0.4 is 10.0 Å². The highest BCUT2D eigenvalue weighted by Gasteiger charge is 2.18. The van der Waals surface area contributed by atoms with E-state index in [0.717, 1.165) is 11.4 Å². The third-order valence-corrected chi connectivity index (χ3v) is 4.94. The molecule has 0 aliphatic carbocycles. The van der Waals surface area contributed by atoms with E-state index in [1.165, 1.54) is 11.3 Å². The zero-order valence-corrected chi connectivity index (χ0v) is 12.4. The lowest BCUT2D eigenvalue weighted by Crippen LogP contribution is -2.26. The highest BCUT2D eigenvalue weighted by molar-refractivity contribution is 7.89. The molecule has 18 heavy (non-hydrogen) atoms. The first-order valence-electron chi connectivity index (χ1n) is 5.87. The molecule has 0 fully saturated rings. The Hall–Kier alpha value is -0.470. The van der Waals surface area contributed by atoms with Crippen LogP contribution in [0.3, 0.4) is 0 Å². The topological polar surface area (TPSA) is 67.4 Å². The van der Waals surface area contributed by atoms with Crippen LogP contribution >= 0.6 is 11.3 Å². The third-order valence-electron chi connectivity index (χ3n) is 2.35. The molecule has 0 spiro atoms. The molecule has 0 aliphatic rings. The van der Waals surface area contributed by atoms with Gasteiger partial charge in [0.15, 0.2) is 0 Å². The SMILES string of the molecule is CCNCc1sccc1S(=O)(=O)NCCCOC. The Kier molecular flexibility index (Phi) is 6.80. The second-order valence-corrected chi connectivity index (χ2v) is 6.47. The molecule has 0 bridgehead atoms. The van der Waals surface area contributed by atoms with E-state index in [-0.39, 0.29) is 0 Å². The van der Waals surface area contributed by atoms with E-state index in [0.29, 0.717) is 31.0 Å². The van der Waals surface area contributed by atoms with Crippen LogP contribution in [0.4, 0.5) is 0 Å². The highest BCUT2D eigenvalue weighted by Crippen LogP contribution is 2.21. The Labute approximate surface area is 113 Å². The number of ether oxygens (including phenoxy) is 1. The normalized spacial score (nSPS) is 11.9. The summed E-state index contributed by atoms with van der Waals surface area (Å²) in [6, 6.07) is 1.65. The van der Waals surface area contributed by atoms with Crippen molar-refractivity contribution < 1.29 is 13.2 Å². The van der Waals surface area contributed by atoms with E-state index in [2.05, 4.69) is 10.0 Å². The summed E-state index contributed by atoms with van der Waals surface area (Å²) in [6.07, 6.45) is 0.669. The monoisotopic (exact) mass is 292 g/mol. The zero-order valence-electron chi connectivity index (χ0n) is 10.7. The van der Waals surface area contributed by atoms with E-state index in [4.69, 9.17) is 4.74 Å². The predicted octanol–water partition coefficient (Wildman–Crippen LogP) is 1.17. The minimum atomic E-state index is -3.39. The number of hydrogen-bond acceptors (Lipinski definition) is 5. The molecule has 0 amide bonds. The van der Waals surface area contributed by atoms with Crippen LogP contribution in [0.2, 0.25) is 0 Å². The molecule has 104 valence electrons. The molecule has 7 heteroatoms. The first kappa shape index (κ1) is 15.6. The van der Waals surface area contributed by atoms with Crippen molar-refractivity contribution in [3.8, 4) is 0 Å². The molecule has 1 heterocycles. The molecule has 0 unspecified atom stereocenters. The molecule has 0 atom stereocenters. The summed E-state index contributed by atoms with van der Waals surface area (Å²) >= 11 is 1.45. The largest absolute Gasteiger partial charge is 0.385 e. The Morgan fingerprint density at radius 3 is 2.89 bits per heavy atom. The molecule has 1 aromatic rings. The minimum Gasteiger partial charge on any atom is -0.385 e. The fourth-order valence-corrected chi connectivity index (χ4v) is 3.92. The maximum absolute atomic E-state index is 12.1. The number of thiophene rings is 1. The molecule has 2 N–H and O–H groups in total. The number of methoxy groups -OCH3 is 1. The van der Waals surface area contributed by atoms with Crippen molar-refractivity contribution in [3.05, 3.63) is 16.3 Å². The van der Waals surface area contributed by atoms with E-state index in [9.17, 15) is 8.42 Å². The van der Waals surface area contributed by atoms with Crippen LogP contribution in [0.1, 0.15) is 18.2 Å². The number of hydrogen-bond donors (Lipinski definition) is 2. The van der Waals surface area contributed by atoms with Gasteiger partial charge < -0.3 is 10.1 Å². The summed E-state index contributed by atoms with van der Waals surface area (Å²) in [5, 5.41) is 4.94. The Morgan fingerprint density at radius 2 is 2.22 bits per heavy atom. The van der Waals surface area contributed by atoms with Gasteiger partial charge in [0, 0.05) is 31.7 Å². The number of nitrogens with one attached hydrogen (secondary N) is 2. The Bertz CT molecular complexity index is 443. The summed E-state index contributed by atoms with van der Waals surface area (Å²) in [4.78, 5) is 1.22. The van der Waals surface area contributed by atoms with Crippen molar-refractivity contribution in [3.63, 3.8) is 0 Å². The van der Waals surface area contributed by atoms with Crippen molar-refractivity contribution in [1.82, 2.24) is 10.0 Å². The summed E-state index contributed by atoms with van der Waals surface area (Å²) in [5.41, 5.74) is 0. The summed E-state index contributed by atoms with van der Waals surface area (Å²) in [5.74, 6) is 0. The van der Waals surface area contributed by atoms with Gasteiger partial charge in [-0.25, -0.2) is 13.1 Å². The van der Waals surface area contributed by atoms with Crippen LogP contribution in [0.25, 0.3) is 0 Å². The first-order chi connectivity index (χ1) is 8.61. The second kappa shape index (κ2) is 7.85. The molecular formula is C11H20N2O3S2. The van der Waals surface area contributed by atoms with E-state index in [1.807, 2.05) is 6.92 Å². The van der Waals surface area contributed by atoms with Gasteiger partial charge >= 0.3 is 0 Å². The quantitative estimate of drug-likeness (QED) is 0.671. The zero-order chi connectivity index (χ0) is 13.4. The van der Waals surface area contributed by atoms with Crippen LogP contribution in [0, 0.1) is 0 Å². The molecular weight excluding hydrogens is 272 g/mol. The first-order valence-corrected chi connectivity index (χ1v) is 8.23. The Balaban J connectivity index is 2.63. The van der Waals surface area contributed by atoms with Gasteiger partial charge in [0.1, 0.15) is 0 Å². The fraction of sp³-hybridized carbons (Fsp3) is 0.636. The third kappa shape index (κ3) is 4.66. The molecule has 1 aromatic heterocycles. The van der Waals surface area contributed by atoms with Crippen molar-refractivity contribution in [1.29, 1.82) is 0 Å².